The number of benzene rings is 8. The first-order valence-corrected chi connectivity index (χ1v) is 28.1. The van der Waals surface area contributed by atoms with Gasteiger partial charge in [0.2, 0.25) is 0 Å². The Kier molecular flexibility index (Phi) is 10.2. The Morgan fingerprint density at radius 1 is 0.487 bits per heavy atom. The van der Waals surface area contributed by atoms with Crippen molar-refractivity contribution in [3.05, 3.63) is 231 Å². The molecule has 0 radical (unpaired) electrons. The molecule has 1 spiro atoms. The fourth-order valence-electron chi connectivity index (χ4n) is 14.1. The molecule has 0 fully saturated rings. The number of para-hydroxylation sites is 1. The zero-order valence-electron chi connectivity index (χ0n) is 47.6. The van der Waals surface area contributed by atoms with Crippen molar-refractivity contribution in [3.63, 3.8) is 0 Å². The van der Waals surface area contributed by atoms with Crippen molar-refractivity contribution in [2.45, 2.75) is 116 Å². The predicted octanol–water partition coefficient (Wildman–Crippen LogP) is 18.5. The molecule has 8 aromatic carbocycles. The summed E-state index contributed by atoms with van der Waals surface area (Å²) in [7, 11) is 2.24. The van der Waals surface area contributed by atoms with E-state index in [2.05, 4.69) is 262 Å². The minimum absolute atomic E-state index is 0.0586. The molecule has 2 aliphatic carbocycles. The average molecular weight is 1020 g/mol. The lowest BCUT2D eigenvalue weighted by Crippen LogP contribution is -2.40. The number of aromatic nitrogens is 2. The lowest BCUT2D eigenvalue weighted by Gasteiger charge is -2.46. The quantitative estimate of drug-likeness (QED) is 0.176. The van der Waals surface area contributed by atoms with E-state index in [1.807, 2.05) is 12.3 Å². The molecule has 4 aliphatic rings. The molecule has 10 aromatic rings. The van der Waals surface area contributed by atoms with E-state index in [1.165, 1.54) is 106 Å². The molecule has 2 aromatic heterocycles. The summed E-state index contributed by atoms with van der Waals surface area (Å²) in [6.45, 7) is 29.5. The summed E-state index contributed by atoms with van der Waals surface area (Å²) < 4.78 is 9.53. The van der Waals surface area contributed by atoms with Crippen molar-refractivity contribution in [3.8, 4) is 39.6 Å². The smallest absolute Gasteiger partial charge is 0.137 e. The van der Waals surface area contributed by atoms with Crippen LogP contribution in [0.15, 0.2) is 170 Å². The van der Waals surface area contributed by atoms with Gasteiger partial charge in [-0.25, -0.2) is 4.98 Å². The first-order chi connectivity index (χ1) is 37.1. The van der Waals surface area contributed by atoms with Crippen LogP contribution in [0.5, 0.6) is 11.5 Å². The lowest BCUT2D eigenvalue weighted by molar-refractivity contribution is 0.482. The van der Waals surface area contributed by atoms with Gasteiger partial charge in [0.05, 0.1) is 40.2 Å². The molecule has 0 amide bonds. The van der Waals surface area contributed by atoms with Crippen LogP contribution in [0, 0.1) is 0 Å². The van der Waals surface area contributed by atoms with Crippen LogP contribution in [-0.2, 0) is 27.1 Å². The highest BCUT2D eigenvalue weighted by molar-refractivity contribution is 6.10. The van der Waals surface area contributed by atoms with Crippen LogP contribution in [0.25, 0.3) is 49.9 Å². The average Bonchev–Trinajstić information content (AvgIpc) is 2.47. The number of fused-ring (bicyclic) bond motifs is 15. The van der Waals surface area contributed by atoms with Gasteiger partial charge in [0.15, 0.2) is 0 Å². The zero-order valence-corrected chi connectivity index (χ0v) is 47.6. The van der Waals surface area contributed by atoms with E-state index in [9.17, 15) is 0 Å². The monoisotopic (exact) mass is 1020 g/mol. The van der Waals surface area contributed by atoms with Gasteiger partial charge in [0.25, 0.3) is 0 Å². The Bertz CT molecular complexity index is 4040. The number of hydrogen-bond acceptors (Lipinski definition) is 4. The van der Waals surface area contributed by atoms with Crippen molar-refractivity contribution in [2.75, 3.05) is 23.5 Å². The van der Waals surface area contributed by atoms with Gasteiger partial charge < -0.3 is 14.5 Å². The van der Waals surface area contributed by atoms with E-state index in [4.69, 9.17) is 9.72 Å². The van der Waals surface area contributed by atoms with Gasteiger partial charge in [-0.05, 0) is 154 Å². The van der Waals surface area contributed by atoms with Crippen LogP contribution in [0.3, 0.4) is 0 Å². The number of rotatable bonds is 4. The molecular formula is C73H70N4O. The first kappa shape index (κ1) is 48.5. The van der Waals surface area contributed by atoms with Crippen molar-refractivity contribution in [2.24, 2.45) is 0 Å². The minimum Gasteiger partial charge on any atom is -0.457 e. The number of hydrogen-bond donors (Lipinski definition) is 0. The van der Waals surface area contributed by atoms with Gasteiger partial charge in [0, 0.05) is 42.1 Å². The Balaban J connectivity index is 0.982. The van der Waals surface area contributed by atoms with Gasteiger partial charge >= 0.3 is 0 Å². The van der Waals surface area contributed by atoms with Crippen molar-refractivity contribution in [1.82, 2.24) is 9.55 Å². The second kappa shape index (κ2) is 16.3. The maximum absolute atomic E-state index is 7.23. The molecule has 0 atom stereocenters. The molecule has 0 saturated heterocycles. The number of pyridine rings is 1. The molecular weight excluding hydrogens is 949 g/mol. The summed E-state index contributed by atoms with van der Waals surface area (Å²) >= 11 is 0. The molecule has 2 aliphatic heterocycles. The first-order valence-electron chi connectivity index (χ1n) is 28.1. The van der Waals surface area contributed by atoms with Crippen molar-refractivity contribution in [1.29, 1.82) is 0 Å². The second-order valence-corrected chi connectivity index (χ2v) is 27.0. The Labute approximate surface area is 461 Å². The SMILES string of the molecule is CN1CN2c3cc(Oc4ccc5c6cc(C7c8ccccc8-c8ccccc87)ccc6n(-c6ccccn6)c5c4)ccc3C3(c4cccc1c42)c1c(cc(C(C)(C)C)cc1C(C)(C)C)-c1cc(C(C)(C)C)cc(C(C)(C)C)c13. The Morgan fingerprint density at radius 2 is 1.09 bits per heavy atom. The number of ether oxygens (including phenoxy) is 1. The van der Waals surface area contributed by atoms with E-state index < -0.39 is 5.41 Å². The second-order valence-electron chi connectivity index (χ2n) is 27.0. The number of nitrogens with zero attached hydrogens (tertiary/aromatic N) is 4. The van der Waals surface area contributed by atoms with E-state index in [-0.39, 0.29) is 27.6 Å². The van der Waals surface area contributed by atoms with Crippen LogP contribution < -0.4 is 14.5 Å². The maximum atomic E-state index is 7.23. The summed E-state index contributed by atoms with van der Waals surface area (Å²) in [5.41, 5.74) is 25.2. The molecule has 0 N–H and O–H groups in total. The highest BCUT2D eigenvalue weighted by Gasteiger charge is 2.57. The lowest BCUT2D eigenvalue weighted by atomic mass is 9.59. The molecule has 0 saturated carbocycles. The topological polar surface area (TPSA) is 33.5 Å². The predicted molar refractivity (Wildman–Crippen MR) is 325 cm³/mol. The van der Waals surface area contributed by atoms with Crippen LogP contribution in [0.4, 0.5) is 17.1 Å². The van der Waals surface area contributed by atoms with E-state index in [0.29, 0.717) is 0 Å². The third-order valence-electron chi connectivity index (χ3n) is 17.8. The number of anilines is 3. The molecule has 5 nitrogen and oxygen atoms in total. The van der Waals surface area contributed by atoms with Gasteiger partial charge in [-0.3, -0.25) is 4.57 Å². The molecule has 0 unspecified atom stereocenters. The van der Waals surface area contributed by atoms with E-state index in [0.717, 1.165) is 40.4 Å². The highest BCUT2D eigenvalue weighted by Crippen LogP contribution is 2.68. The van der Waals surface area contributed by atoms with Gasteiger partial charge in [0.1, 0.15) is 17.3 Å². The Morgan fingerprint density at radius 3 is 1.69 bits per heavy atom. The standard InChI is InChI=1S/C73H70N4O/c1-69(2,3)44-36-54-55-37-45(70(4,5)6)39-59(72(10,11)12)67(55)73(66(54)58(38-44)71(7,8)9)56-32-30-47(41-63(56)76-42-75(13)61-26-20-25-57(73)68(61)76)78-46-29-31-50-53-35-43(28-33-60(53)77(62(50)40-46)64-27-18-19-34-74-64)65-51-23-16-14-21-48(51)49-22-15-17-24-52(49)65/h14-41,65H,42H2,1-13H3. The fraction of sp³-hybridized carbons (Fsp3) is 0.274. The van der Waals surface area contributed by atoms with Crippen LogP contribution in [0.1, 0.15) is 150 Å². The summed E-state index contributed by atoms with van der Waals surface area (Å²) in [6.07, 6.45) is 1.89. The summed E-state index contributed by atoms with van der Waals surface area (Å²) in [5, 5.41) is 2.35. The zero-order chi connectivity index (χ0) is 54.2. The Hall–Kier alpha value is -7.89. The maximum Gasteiger partial charge on any atom is 0.137 e. The van der Waals surface area contributed by atoms with Gasteiger partial charge in [-0.15, -0.1) is 0 Å². The largest absolute Gasteiger partial charge is 0.457 e. The van der Waals surface area contributed by atoms with Gasteiger partial charge in [-0.2, -0.15) is 0 Å². The van der Waals surface area contributed by atoms with Crippen LogP contribution in [-0.4, -0.2) is 23.3 Å². The van der Waals surface area contributed by atoms with Gasteiger partial charge in [-0.1, -0.05) is 186 Å². The van der Waals surface area contributed by atoms with E-state index >= 15 is 0 Å². The van der Waals surface area contributed by atoms with Crippen LogP contribution >= 0.6 is 0 Å². The highest BCUT2D eigenvalue weighted by atomic mass is 16.5. The summed E-state index contributed by atoms with van der Waals surface area (Å²) in [4.78, 5) is 9.94. The third-order valence-corrected chi connectivity index (χ3v) is 17.8. The normalized spacial score (nSPS) is 15.2. The molecule has 0 bridgehead atoms. The van der Waals surface area contributed by atoms with E-state index in [1.54, 1.807) is 0 Å². The summed E-state index contributed by atoms with van der Waals surface area (Å²) in [6, 6.07) is 62.0. The minimum atomic E-state index is -0.631. The van der Waals surface area contributed by atoms with Crippen molar-refractivity contribution < 1.29 is 4.74 Å². The molecule has 388 valence electrons. The third kappa shape index (κ3) is 6.88. The molecule has 78 heavy (non-hydrogen) atoms. The molecule has 14 rings (SSSR count). The molecule has 5 heteroatoms. The fourth-order valence-corrected chi connectivity index (χ4v) is 14.1. The molecule has 4 heterocycles. The van der Waals surface area contributed by atoms with Crippen LogP contribution in [0.2, 0.25) is 0 Å². The van der Waals surface area contributed by atoms with Crippen molar-refractivity contribution >= 4 is 38.9 Å². The summed E-state index contributed by atoms with van der Waals surface area (Å²) in [5.74, 6) is 2.60.